The van der Waals surface area contributed by atoms with E-state index in [0.29, 0.717) is 5.56 Å². The zero-order valence-electron chi connectivity index (χ0n) is 11.9. The van der Waals surface area contributed by atoms with Gasteiger partial charge in [-0.1, -0.05) is 47.5 Å². The summed E-state index contributed by atoms with van der Waals surface area (Å²) in [5, 5.41) is 0. The maximum Gasteiger partial charge on any atom is 0.330 e. The zero-order chi connectivity index (χ0) is 16.5. The monoisotopic (exact) mass is 343 g/mol. The minimum absolute atomic E-state index is 0.138. The predicted molar refractivity (Wildman–Crippen MR) is 83.8 cm³/mol. The van der Waals surface area contributed by atoms with Crippen molar-refractivity contribution in [1.29, 1.82) is 0 Å². The van der Waals surface area contributed by atoms with Gasteiger partial charge in [0.2, 0.25) is 0 Å². The average Bonchev–Trinajstić information content (AvgIpc) is 2.51. The number of amides is 2. The van der Waals surface area contributed by atoms with Crippen molar-refractivity contribution in [2.24, 2.45) is 0 Å². The molecule has 22 heavy (non-hydrogen) atoms. The quantitative estimate of drug-likeness (QED) is 0.452. The number of carbonyl (C=O) groups excluding carboxylic acids is 3. The average molecular weight is 344 g/mol. The molecular weight excluding hydrogens is 329 g/mol. The van der Waals surface area contributed by atoms with Crippen LogP contribution in [0.2, 0.25) is 0 Å². The molecule has 118 valence electrons. The molecule has 0 aliphatic carbocycles. The first kappa shape index (κ1) is 18.2. The molecule has 0 unspecified atom stereocenters. The minimum Gasteiger partial charge on any atom is -0.463 e. The van der Waals surface area contributed by atoms with Crippen LogP contribution in [0.1, 0.15) is 17.3 Å². The Morgan fingerprint density at radius 1 is 1.23 bits per heavy atom. The maximum absolute atomic E-state index is 12.3. The third-order valence-electron chi connectivity index (χ3n) is 2.55. The lowest BCUT2D eigenvalue weighted by atomic mass is 10.2. The summed E-state index contributed by atoms with van der Waals surface area (Å²) >= 11 is 11.1. The van der Waals surface area contributed by atoms with E-state index in [0.717, 1.165) is 11.0 Å². The number of rotatable bonds is 6. The Hall–Kier alpha value is -1.85. The Kier molecular flexibility index (Phi) is 7.63. The van der Waals surface area contributed by atoms with Crippen molar-refractivity contribution in [1.82, 2.24) is 4.90 Å². The molecule has 0 spiro atoms. The first-order valence-corrected chi connectivity index (χ1v) is 7.36. The molecule has 0 saturated carbocycles. The summed E-state index contributed by atoms with van der Waals surface area (Å²) < 4.78 is 4.71. The van der Waals surface area contributed by atoms with Crippen LogP contribution in [-0.4, -0.2) is 40.7 Å². The highest BCUT2D eigenvalue weighted by Crippen LogP contribution is 2.12. The van der Waals surface area contributed by atoms with E-state index in [2.05, 4.69) is 0 Å². The van der Waals surface area contributed by atoms with Gasteiger partial charge in [-0.15, -0.1) is 0 Å². The van der Waals surface area contributed by atoms with Gasteiger partial charge in [0.15, 0.2) is 4.84 Å². The fourth-order valence-electron chi connectivity index (χ4n) is 1.57. The molecule has 0 aliphatic heterocycles. The van der Waals surface area contributed by atoms with E-state index in [1.54, 1.807) is 37.3 Å². The van der Waals surface area contributed by atoms with Crippen LogP contribution in [0.3, 0.4) is 0 Å². The first-order valence-electron chi connectivity index (χ1n) is 6.49. The Balaban J connectivity index is 2.88. The van der Waals surface area contributed by atoms with Gasteiger partial charge in [0, 0.05) is 18.2 Å². The van der Waals surface area contributed by atoms with Crippen molar-refractivity contribution in [2.75, 3.05) is 13.2 Å². The van der Waals surface area contributed by atoms with Crippen LogP contribution in [0.25, 0.3) is 0 Å². The van der Waals surface area contributed by atoms with E-state index in [9.17, 15) is 14.4 Å². The molecule has 2 amide bonds. The highest BCUT2D eigenvalue weighted by Gasteiger charge is 2.26. The Morgan fingerprint density at radius 2 is 1.86 bits per heavy atom. The third kappa shape index (κ3) is 5.50. The Labute approximate surface area is 138 Å². The molecule has 0 N–H and O–H groups in total. The van der Waals surface area contributed by atoms with Crippen molar-refractivity contribution < 1.29 is 19.1 Å². The molecule has 0 heterocycles. The number of halogens is 2. The first-order chi connectivity index (χ1) is 10.5. The fourth-order valence-corrected chi connectivity index (χ4v) is 1.81. The normalized spacial score (nSPS) is 10.7. The predicted octanol–water partition coefficient (Wildman–Crippen LogP) is 2.58. The van der Waals surface area contributed by atoms with Gasteiger partial charge in [-0.3, -0.25) is 14.5 Å². The molecule has 0 saturated heterocycles. The molecule has 0 aliphatic rings. The third-order valence-corrected chi connectivity index (χ3v) is 2.92. The lowest BCUT2D eigenvalue weighted by molar-refractivity contribution is -0.137. The molecule has 0 atom stereocenters. The molecule has 0 fully saturated rings. The number of imide groups is 1. The molecule has 1 rings (SSSR count). The number of hydrogen-bond acceptors (Lipinski definition) is 4. The van der Waals surface area contributed by atoms with Gasteiger partial charge < -0.3 is 4.74 Å². The Bertz CT molecular complexity index is 558. The molecule has 5 nitrogen and oxygen atoms in total. The van der Waals surface area contributed by atoms with Gasteiger partial charge >= 0.3 is 5.97 Å². The lowest BCUT2D eigenvalue weighted by Crippen LogP contribution is -2.40. The second kappa shape index (κ2) is 9.23. The SMILES string of the molecule is CCOC(=O)/C=C/CN(C(=O)c1ccccc1)C(=O)C(Cl)Cl. The summed E-state index contributed by atoms with van der Waals surface area (Å²) in [7, 11) is 0. The number of ether oxygens (including phenoxy) is 1. The summed E-state index contributed by atoms with van der Waals surface area (Å²) in [6.07, 6.45) is 2.48. The number of alkyl halides is 2. The van der Waals surface area contributed by atoms with Gasteiger partial charge in [0.25, 0.3) is 11.8 Å². The van der Waals surface area contributed by atoms with E-state index in [1.807, 2.05) is 0 Å². The van der Waals surface area contributed by atoms with Crippen molar-refractivity contribution in [3.63, 3.8) is 0 Å². The van der Waals surface area contributed by atoms with Crippen molar-refractivity contribution in [3.8, 4) is 0 Å². The molecule has 1 aromatic carbocycles. The fraction of sp³-hybridized carbons (Fsp3) is 0.267. The van der Waals surface area contributed by atoms with Crippen molar-refractivity contribution in [3.05, 3.63) is 48.0 Å². The summed E-state index contributed by atoms with van der Waals surface area (Å²) in [4.78, 5) is 35.0. The van der Waals surface area contributed by atoms with Gasteiger partial charge in [-0.2, -0.15) is 0 Å². The minimum atomic E-state index is -1.37. The van der Waals surface area contributed by atoms with Crippen LogP contribution in [0.4, 0.5) is 0 Å². The van der Waals surface area contributed by atoms with Gasteiger partial charge in [-0.05, 0) is 19.1 Å². The standard InChI is InChI=1S/C15H15Cl2NO4/c1-2-22-12(19)9-6-10-18(15(21)13(16)17)14(20)11-7-4-3-5-8-11/h3-9,13H,2,10H2,1H3/b9-6+. The molecule has 0 radical (unpaired) electrons. The van der Waals surface area contributed by atoms with E-state index in [-0.39, 0.29) is 13.2 Å². The van der Waals surface area contributed by atoms with E-state index in [4.69, 9.17) is 27.9 Å². The second-order valence-corrected chi connectivity index (χ2v) is 5.17. The summed E-state index contributed by atoms with van der Waals surface area (Å²) in [6.45, 7) is 1.77. The van der Waals surface area contributed by atoms with Crippen LogP contribution in [0.15, 0.2) is 42.5 Å². The van der Waals surface area contributed by atoms with Crippen LogP contribution in [0, 0.1) is 0 Å². The van der Waals surface area contributed by atoms with Crippen LogP contribution < -0.4 is 0 Å². The van der Waals surface area contributed by atoms with Gasteiger partial charge in [0.1, 0.15) is 0 Å². The van der Waals surface area contributed by atoms with Gasteiger partial charge in [-0.25, -0.2) is 4.79 Å². The topological polar surface area (TPSA) is 63.7 Å². The number of benzene rings is 1. The van der Waals surface area contributed by atoms with E-state index >= 15 is 0 Å². The van der Waals surface area contributed by atoms with Crippen molar-refractivity contribution >= 4 is 41.0 Å². The maximum atomic E-state index is 12.3. The highest BCUT2D eigenvalue weighted by atomic mass is 35.5. The molecule has 0 bridgehead atoms. The molecule has 7 heteroatoms. The Morgan fingerprint density at radius 3 is 2.41 bits per heavy atom. The zero-order valence-corrected chi connectivity index (χ0v) is 13.4. The number of hydrogen-bond donors (Lipinski definition) is 0. The van der Waals surface area contributed by atoms with Crippen LogP contribution in [0.5, 0.6) is 0 Å². The summed E-state index contributed by atoms with van der Waals surface area (Å²) in [5.41, 5.74) is 0.314. The smallest absolute Gasteiger partial charge is 0.330 e. The summed E-state index contributed by atoms with van der Waals surface area (Å²) in [5.74, 6) is -1.87. The van der Waals surface area contributed by atoms with Crippen molar-refractivity contribution in [2.45, 2.75) is 11.8 Å². The van der Waals surface area contributed by atoms with E-state index in [1.165, 1.54) is 6.08 Å². The van der Waals surface area contributed by atoms with Crippen LogP contribution in [-0.2, 0) is 14.3 Å². The molecular formula is C15H15Cl2NO4. The highest BCUT2D eigenvalue weighted by molar-refractivity contribution is 6.54. The lowest BCUT2D eigenvalue weighted by Gasteiger charge is -2.19. The van der Waals surface area contributed by atoms with Crippen LogP contribution >= 0.6 is 23.2 Å². The molecule has 1 aromatic rings. The second-order valence-electron chi connectivity index (χ2n) is 4.08. The van der Waals surface area contributed by atoms with Gasteiger partial charge in [0.05, 0.1) is 6.61 Å². The number of nitrogens with zero attached hydrogens (tertiary/aromatic N) is 1. The number of carbonyl (C=O) groups is 3. The van der Waals surface area contributed by atoms with E-state index < -0.39 is 22.6 Å². The summed E-state index contributed by atoms with van der Waals surface area (Å²) in [6, 6.07) is 8.21. The largest absolute Gasteiger partial charge is 0.463 e. The molecule has 0 aromatic heterocycles. The number of esters is 1.